The van der Waals surface area contributed by atoms with Crippen LogP contribution >= 0.6 is 0 Å². The van der Waals surface area contributed by atoms with Crippen molar-refractivity contribution in [2.24, 2.45) is 5.92 Å². The van der Waals surface area contributed by atoms with Crippen molar-refractivity contribution in [3.8, 4) is 11.1 Å². The molecule has 1 heterocycles. The van der Waals surface area contributed by atoms with Gasteiger partial charge in [-0.05, 0) is 41.0 Å². The largest absolute Gasteiger partial charge is 0.480 e. The smallest absolute Gasteiger partial charge is 0.407 e. The molecular formula is C28H34N2O5. The summed E-state index contributed by atoms with van der Waals surface area (Å²) in [4.78, 5) is 38.9. The molecule has 0 spiro atoms. The number of benzene rings is 2. The first-order valence-electron chi connectivity index (χ1n) is 12.5. The van der Waals surface area contributed by atoms with Crippen LogP contribution in [-0.2, 0) is 14.3 Å². The molecule has 1 saturated heterocycles. The van der Waals surface area contributed by atoms with Gasteiger partial charge in [-0.15, -0.1) is 0 Å². The molecule has 1 aliphatic heterocycles. The first-order valence-corrected chi connectivity index (χ1v) is 12.5. The Morgan fingerprint density at radius 3 is 2.31 bits per heavy atom. The van der Waals surface area contributed by atoms with Gasteiger partial charge in [0.15, 0.2) is 0 Å². The molecule has 0 aromatic heterocycles. The molecule has 2 N–H and O–H groups in total. The summed E-state index contributed by atoms with van der Waals surface area (Å²) in [7, 11) is 0. The maximum Gasteiger partial charge on any atom is 0.407 e. The minimum absolute atomic E-state index is 0.0358. The molecule has 0 saturated carbocycles. The maximum atomic E-state index is 13.0. The van der Waals surface area contributed by atoms with E-state index in [2.05, 4.69) is 36.5 Å². The zero-order valence-corrected chi connectivity index (χ0v) is 20.4. The summed E-state index contributed by atoms with van der Waals surface area (Å²) in [5, 5.41) is 12.4. The van der Waals surface area contributed by atoms with Gasteiger partial charge in [-0.1, -0.05) is 75.2 Å². The Kier molecular flexibility index (Phi) is 7.73. The van der Waals surface area contributed by atoms with Crippen molar-refractivity contribution in [2.75, 3.05) is 13.2 Å². The molecule has 3 atom stereocenters. The number of ether oxygens (including phenoxy) is 1. The third kappa shape index (κ3) is 5.34. The third-order valence-electron chi connectivity index (χ3n) is 7.27. The summed E-state index contributed by atoms with van der Waals surface area (Å²) in [5.74, 6) is -1.33. The van der Waals surface area contributed by atoms with Crippen LogP contribution in [0, 0.1) is 5.92 Å². The number of amides is 2. The number of carboxylic acid groups (broad SMARTS) is 1. The van der Waals surface area contributed by atoms with Crippen molar-refractivity contribution >= 4 is 18.0 Å². The standard InChI is InChI=1S/C28H34N2O5/c1-3-4-9-19(16-25(31)30-15-14-18(2)26(30)27(32)33)29-28(34)35-17-24-22-12-7-5-10-20(22)21-11-6-8-13-23(21)24/h5-8,10-13,18-19,24,26H,3-4,9,14-17H2,1-2H3,(H,29,34)(H,32,33)/t18?,19-,26?/m1/s1. The van der Waals surface area contributed by atoms with Crippen LogP contribution in [0.5, 0.6) is 0 Å². The van der Waals surface area contributed by atoms with Crippen LogP contribution in [0.2, 0.25) is 0 Å². The number of carbonyl (C=O) groups is 3. The summed E-state index contributed by atoms with van der Waals surface area (Å²) in [6.45, 7) is 4.55. The Hall–Kier alpha value is -3.35. The van der Waals surface area contributed by atoms with Crippen LogP contribution in [-0.4, -0.2) is 53.2 Å². The van der Waals surface area contributed by atoms with E-state index in [4.69, 9.17) is 4.74 Å². The maximum absolute atomic E-state index is 13.0. The Morgan fingerprint density at radius 2 is 1.71 bits per heavy atom. The normalized spacial score (nSPS) is 19.7. The van der Waals surface area contributed by atoms with Gasteiger partial charge in [-0.3, -0.25) is 4.79 Å². The number of hydrogen-bond donors (Lipinski definition) is 2. The van der Waals surface area contributed by atoms with Crippen molar-refractivity contribution in [3.05, 3.63) is 59.7 Å². The zero-order valence-electron chi connectivity index (χ0n) is 20.4. The lowest BCUT2D eigenvalue weighted by molar-refractivity contribution is -0.149. The van der Waals surface area contributed by atoms with Crippen molar-refractivity contribution in [3.63, 3.8) is 0 Å². The van der Waals surface area contributed by atoms with Gasteiger partial charge in [0.25, 0.3) is 0 Å². The van der Waals surface area contributed by atoms with Crippen LogP contribution in [0.4, 0.5) is 4.79 Å². The SMILES string of the molecule is CCCC[C@H](CC(=O)N1CCC(C)C1C(=O)O)NC(=O)OCC1c2ccccc2-c2ccccc21. The van der Waals surface area contributed by atoms with Crippen LogP contribution < -0.4 is 5.32 Å². The topological polar surface area (TPSA) is 95.9 Å². The van der Waals surface area contributed by atoms with Crippen LogP contribution in [0.15, 0.2) is 48.5 Å². The predicted octanol–water partition coefficient (Wildman–Crippen LogP) is 4.80. The predicted molar refractivity (Wildman–Crippen MR) is 133 cm³/mol. The van der Waals surface area contributed by atoms with Gasteiger partial charge in [-0.25, -0.2) is 9.59 Å². The Labute approximate surface area is 206 Å². The van der Waals surface area contributed by atoms with E-state index < -0.39 is 24.1 Å². The van der Waals surface area contributed by atoms with Gasteiger partial charge in [0.1, 0.15) is 12.6 Å². The molecular weight excluding hydrogens is 444 g/mol. The van der Waals surface area contributed by atoms with Gasteiger partial charge in [0.05, 0.1) is 0 Å². The number of hydrogen-bond acceptors (Lipinski definition) is 4. The second-order valence-corrected chi connectivity index (χ2v) is 9.65. The van der Waals surface area contributed by atoms with Gasteiger partial charge in [0, 0.05) is 24.9 Å². The Morgan fingerprint density at radius 1 is 1.09 bits per heavy atom. The number of rotatable bonds is 9. The summed E-state index contributed by atoms with van der Waals surface area (Å²) in [6.07, 6.45) is 2.59. The van der Waals surface area contributed by atoms with E-state index in [0.29, 0.717) is 19.4 Å². The molecule has 0 radical (unpaired) electrons. The van der Waals surface area contributed by atoms with E-state index >= 15 is 0 Å². The molecule has 186 valence electrons. The highest BCUT2D eigenvalue weighted by atomic mass is 16.5. The highest BCUT2D eigenvalue weighted by molar-refractivity contribution is 5.85. The monoisotopic (exact) mass is 478 g/mol. The van der Waals surface area contributed by atoms with Crippen molar-refractivity contribution in [2.45, 2.75) is 64.0 Å². The number of carbonyl (C=O) groups excluding carboxylic acids is 2. The number of unbranched alkanes of at least 4 members (excludes halogenated alkanes) is 1. The van der Waals surface area contributed by atoms with Crippen LogP contribution in [0.3, 0.4) is 0 Å². The molecule has 2 amide bonds. The molecule has 4 rings (SSSR count). The summed E-state index contributed by atoms with van der Waals surface area (Å²) >= 11 is 0. The quantitative estimate of drug-likeness (QED) is 0.540. The van der Waals surface area contributed by atoms with Crippen LogP contribution in [0.1, 0.15) is 63.0 Å². The molecule has 2 aromatic rings. The molecule has 35 heavy (non-hydrogen) atoms. The van der Waals surface area contributed by atoms with Gasteiger partial charge < -0.3 is 20.1 Å². The summed E-state index contributed by atoms with van der Waals surface area (Å²) in [6, 6.07) is 15.1. The number of nitrogens with zero attached hydrogens (tertiary/aromatic N) is 1. The van der Waals surface area contributed by atoms with E-state index in [9.17, 15) is 19.5 Å². The molecule has 2 aromatic carbocycles. The highest BCUT2D eigenvalue weighted by Gasteiger charge is 2.40. The average Bonchev–Trinajstić information content (AvgIpc) is 3.39. The van der Waals surface area contributed by atoms with Gasteiger partial charge in [0.2, 0.25) is 5.91 Å². The Bertz CT molecular complexity index is 1040. The minimum atomic E-state index is -0.974. The number of carboxylic acids is 1. The molecule has 0 bridgehead atoms. The fraction of sp³-hybridized carbons (Fsp3) is 0.464. The molecule has 7 nitrogen and oxygen atoms in total. The zero-order chi connectivity index (χ0) is 24.9. The fourth-order valence-electron chi connectivity index (χ4n) is 5.41. The van der Waals surface area contributed by atoms with Crippen molar-refractivity contribution < 1.29 is 24.2 Å². The first-order chi connectivity index (χ1) is 16.9. The van der Waals surface area contributed by atoms with E-state index in [1.165, 1.54) is 4.90 Å². The van der Waals surface area contributed by atoms with E-state index in [-0.39, 0.29) is 30.8 Å². The second-order valence-electron chi connectivity index (χ2n) is 9.65. The second kappa shape index (κ2) is 10.9. The summed E-state index contributed by atoms with van der Waals surface area (Å²) < 4.78 is 5.66. The van der Waals surface area contributed by atoms with E-state index in [1.807, 2.05) is 31.2 Å². The lowest BCUT2D eigenvalue weighted by atomic mass is 9.98. The third-order valence-corrected chi connectivity index (χ3v) is 7.27. The highest BCUT2D eigenvalue weighted by Crippen LogP contribution is 2.44. The van der Waals surface area contributed by atoms with Gasteiger partial charge in [-0.2, -0.15) is 0 Å². The number of fused-ring (bicyclic) bond motifs is 3. The number of aliphatic carboxylic acids is 1. The minimum Gasteiger partial charge on any atom is -0.480 e. The number of alkyl carbamates (subject to hydrolysis) is 1. The summed E-state index contributed by atoms with van der Waals surface area (Å²) in [5.41, 5.74) is 4.61. The van der Waals surface area contributed by atoms with E-state index in [0.717, 1.165) is 35.1 Å². The molecule has 7 heteroatoms. The Balaban J connectivity index is 1.39. The van der Waals surface area contributed by atoms with Crippen molar-refractivity contribution in [1.82, 2.24) is 10.2 Å². The molecule has 2 unspecified atom stereocenters. The first kappa shape index (κ1) is 24.8. The number of likely N-dealkylation sites (tertiary alicyclic amines) is 1. The van der Waals surface area contributed by atoms with E-state index in [1.54, 1.807) is 0 Å². The fourth-order valence-corrected chi connectivity index (χ4v) is 5.41. The average molecular weight is 479 g/mol. The molecule has 1 aliphatic carbocycles. The lowest BCUT2D eigenvalue weighted by Crippen LogP contribution is -2.46. The lowest BCUT2D eigenvalue weighted by Gasteiger charge is -2.26. The molecule has 1 fully saturated rings. The van der Waals surface area contributed by atoms with Crippen molar-refractivity contribution in [1.29, 1.82) is 0 Å². The van der Waals surface area contributed by atoms with Crippen LogP contribution in [0.25, 0.3) is 11.1 Å². The number of nitrogens with one attached hydrogen (secondary N) is 1. The molecule has 2 aliphatic rings. The van der Waals surface area contributed by atoms with Gasteiger partial charge >= 0.3 is 12.1 Å².